The molecule has 0 radical (unpaired) electrons. The third kappa shape index (κ3) is 3.34. The number of allylic oxidation sites excluding steroid dienone is 2. The third-order valence-electron chi connectivity index (χ3n) is 7.26. The van der Waals surface area contributed by atoms with Gasteiger partial charge in [-0.05, 0) is 59.7 Å². The van der Waals surface area contributed by atoms with E-state index in [0.717, 1.165) is 6.42 Å². The van der Waals surface area contributed by atoms with Gasteiger partial charge in [0.25, 0.3) is 0 Å². The molecule has 7 rings (SSSR count). The summed E-state index contributed by atoms with van der Waals surface area (Å²) in [6.07, 6.45) is 9.84. The van der Waals surface area contributed by atoms with Gasteiger partial charge in [0, 0.05) is 27.8 Å². The van der Waals surface area contributed by atoms with Crippen LogP contribution in [0, 0.1) is 0 Å². The van der Waals surface area contributed by atoms with Crippen LogP contribution < -0.4 is 4.90 Å². The summed E-state index contributed by atoms with van der Waals surface area (Å²) in [5.41, 5.74) is 6.04. The summed E-state index contributed by atoms with van der Waals surface area (Å²) in [4.78, 5) is 2.46. The molecule has 0 bridgehead atoms. The van der Waals surface area contributed by atoms with Gasteiger partial charge in [-0.2, -0.15) is 0 Å². The normalized spacial score (nSPS) is 15.2. The molecule has 5 aromatic carbocycles. The molecule has 0 fully saturated rings. The first-order valence-electron chi connectivity index (χ1n) is 12.6. The summed E-state index contributed by atoms with van der Waals surface area (Å²) < 4.78 is 2.42. The SMILES string of the molecule is C1=CCC(N(c2ccccc2)c2ccc3c4c5ccccc5ccc4n(-c4ccccc4)c3c2)C=C1. The van der Waals surface area contributed by atoms with Gasteiger partial charge >= 0.3 is 0 Å². The van der Waals surface area contributed by atoms with E-state index < -0.39 is 0 Å². The molecule has 1 atom stereocenters. The highest BCUT2D eigenvalue weighted by Crippen LogP contribution is 2.40. The Hall–Kier alpha value is -4.56. The van der Waals surface area contributed by atoms with E-state index in [1.165, 1.54) is 49.6 Å². The highest BCUT2D eigenvalue weighted by molar-refractivity contribution is 6.21. The average molecular weight is 463 g/mol. The van der Waals surface area contributed by atoms with Gasteiger partial charge in [0.15, 0.2) is 0 Å². The Morgan fingerprint density at radius 2 is 1.39 bits per heavy atom. The molecule has 1 aliphatic carbocycles. The number of para-hydroxylation sites is 2. The Labute approximate surface area is 211 Å². The van der Waals surface area contributed by atoms with E-state index in [2.05, 4.69) is 149 Å². The minimum absolute atomic E-state index is 0.269. The zero-order chi connectivity index (χ0) is 23.9. The monoisotopic (exact) mass is 462 g/mol. The lowest BCUT2D eigenvalue weighted by Crippen LogP contribution is -2.29. The van der Waals surface area contributed by atoms with Gasteiger partial charge in [0.1, 0.15) is 0 Å². The molecule has 2 heteroatoms. The molecule has 0 saturated carbocycles. The van der Waals surface area contributed by atoms with Crippen LogP contribution in [0.15, 0.2) is 140 Å². The molecule has 36 heavy (non-hydrogen) atoms. The zero-order valence-electron chi connectivity index (χ0n) is 20.0. The first kappa shape index (κ1) is 20.8. The number of hydrogen-bond donors (Lipinski definition) is 0. The van der Waals surface area contributed by atoms with E-state index >= 15 is 0 Å². The number of rotatable bonds is 4. The topological polar surface area (TPSA) is 8.17 Å². The van der Waals surface area contributed by atoms with Gasteiger partial charge in [-0.25, -0.2) is 0 Å². The van der Waals surface area contributed by atoms with Crippen molar-refractivity contribution in [3.05, 3.63) is 140 Å². The van der Waals surface area contributed by atoms with Crippen LogP contribution in [0.4, 0.5) is 11.4 Å². The van der Waals surface area contributed by atoms with Crippen LogP contribution in [0.3, 0.4) is 0 Å². The molecule has 172 valence electrons. The van der Waals surface area contributed by atoms with Crippen LogP contribution in [-0.2, 0) is 0 Å². The molecule has 1 aliphatic rings. The smallest absolute Gasteiger partial charge is 0.0562 e. The maximum Gasteiger partial charge on any atom is 0.0562 e. The minimum atomic E-state index is 0.269. The van der Waals surface area contributed by atoms with E-state index in [1.807, 2.05) is 0 Å². The second-order valence-corrected chi connectivity index (χ2v) is 9.37. The van der Waals surface area contributed by atoms with Crippen molar-refractivity contribution in [3.8, 4) is 5.69 Å². The Balaban J connectivity index is 1.54. The molecule has 1 aromatic heterocycles. The largest absolute Gasteiger partial charge is 0.334 e. The highest BCUT2D eigenvalue weighted by atomic mass is 15.2. The molecule has 0 saturated heterocycles. The van der Waals surface area contributed by atoms with Gasteiger partial charge in [0.05, 0.1) is 17.1 Å². The minimum Gasteiger partial charge on any atom is -0.334 e. The predicted molar refractivity (Wildman–Crippen MR) is 154 cm³/mol. The van der Waals surface area contributed by atoms with Gasteiger partial charge in [-0.3, -0.25) is 0 Å². The zero-order valence-corrected chi connectivity index (χ0v) is 20.0. The Morgan fingerprint density at radius 3 is 2.19 bits per heavy atom. The van der Waals surface area contributed by atoms with E-state index in [1.54, 1.807) is 0 Å². The Kier molecular flexibility index (Phi) is 4.96. The fourth-order valence-electron chi connectivity index (χ4n) is 5.66. The van der Waals surface area contributed by atoms with Crippen LogP contribution in [0.2, 0.25) is 0 Å². The molecular weight excluding hydrogens is 436 g/mol. The van der Waals surface area contributed by atoms with Crippen LogP contribution in [0.1, 0.15) is 6.42 Å². The first-order chi connectivity index (χ1) is 17.9. The summed E-state index contributed by atoms with van der Waals surface area (Å²) in [6.45, 7) is 0. The standard InChI is InChI=1S/C34H26N2/c1-4-13-26(14-5-1)35(27-15-6-2-7-16-27)29-21-22-31-33(24-29)36(28-17-8-3-9-18-28)32-23-20-25-12-10-11-19-30(25)34(31)32/h1-15,17-24,27H,16H2. The molecule has 0 aliphatic heterocycles. The average Bonchev–Trinajstić information content (AvgIpc) is 3.29. The maximum atomic E-state index is 2.46. The first-order valence-corrected chi connectivity index (χ1v) is 12.6. The van der Waals surface area contributed by atoms with Crippen molar-refractivity contribution >= 4 is 44.0 Å². The third-order valence-corrected chi connectivity index (χ3v) is 7.26. The maximum absolute atomic E-state index is 2.46. The second kappa shape index (κ2) is 8.58. The molecule has 0 N–H and O–H groups in total. The van der Waals surface area contributed by atoms with Crippen LogP contribution >= 0.6 is 0 Å². The number of aromatic nitrogens is 1. The molecule has 1 unspecified atom stereocenters. The van der Waals surface area contributed by atoms with E-state index in [0.29, 0.717) is 0 Å². The molecule has 2 nitrogen and oxygen atoms in total. The number of hydrogen-bond acceptors (Lipinski definition) is 1. The lowest BCUT2D eigenvalue weighted by atomic mass is 10.0. The highest BCUT2D eigenvalue weighted by Gasteiger charge is 2.21. The molecule has 0 spiro atoms. The van der Waals surface area contributed by atoms with Crippen molar-refractivity contribution in [2.24, 2.45) is 0 Å². The summed E-state index contributed by atoms with van der Waals surface area (Å²) >= 11 is 0. The Morgan fingerprint density at radius 1 is 0.611 bits per heavy atom. The molecule has 0 amide bonds. The summed E-state index contributed by atoms with van der Waals surface area (Å²) in [5.74, 6) is 0. The van der Waals surface area contributed by atoms with E-state index in [4.69, 9.17) is 0 Å². The number of fused-ring (bicyclic) bond motifs is 5. The summed E-state index contributed by atoms with van der Waals surface area (Å²) in [6, 6.07) is 41.9. The fourth-order valence-corrected chi connectivity index (χ4v) is 5.66. The van der Waals surface area contributed by atoms with Gasteiger partial charge in [-0.1, -0.05) is 97.1 Å². The van der Waals surface area contributed by atoms with Crippen molar-refractivity contribution in [2.75, 3.05) is 4.90 Å². The predicted octanol–water partition coefficient (Wildman–Crippen LogP) is 8.96. The number of nitrogens with zero attached hydrogens (tertiary/aromatic N) is 2. The lowest BCUT2D eigenvalue weighted by molar-refractivity contribution is 0.785. The Bertz CT molecular complexity index is 1760. The van der Waals surface area contributed by atoms with Gasteiger partial charge in [-0.15, -0.1) is 0 Å². The van der Waals surface area contributed by atoms with Crippen molar-refractivity contribution in [2.45, 2.75) is 12.5 Å². The van der Waals surface area contributed by atoms with Crippen LogP contribution in [0.5, 0.6) is 0 Å². The number of anilines is 2. The fraction of sp³-hybridized carbons (Fsp3) is 0.0588. The van der Waals surface area contributed by atoms with Crippen molar-refractivity contribution in [1.82, 2.24) is 4.57 Å². The quantitative estimate of drug-likeness (QED) is 0.254. The van der Waals surface area contributed by atoms with Gasteiger partial charge < -0.3 is 9.47 Å². The second-order valence-electron chi connectivity index (χ2n) is 9.37. The molecule has 6 aromatic rings. The van der Waals surface area contributed by atoms with E-state index in [9.17, 15) is 0 Å². The van der Waals surface area contributed by atoms with Crippen molar-refractivity contribution in [3.63, 3.8) is 0 Å². The summed E-state index contributed by atoms with van der Waals surface area (Å²) in [5, 5.41) is 5.15. The van der Waals surface area contributed by atoms with E-state index in [-0.39, 0.29) is 6.04 Å². The molecule has 1 heterocycles. The van der Waals surface area contributed by atoms with Crippen LogP contribution in [0.25, 0.3) is 38.3 Å². The number of benzene rings is 5. The molecular formula is C34H26N2. The lowest BCUT2D eigenvalue weighted by Gasteiger charge is -2.32. The van der Waals surface area contributed by atoms with Crippen LogP contribution in [-0.4, -0.2) is 10.6 Å². The summed E-state index contributed by atoms with van der Waals surface area (Å²) in [7, 11) is 0. The van der Waals surface area contributed by atoms with Crippen molar-refractivity contribution in [1.29, 1.82) is 0 Å². The van der Waals surface area contributed by atoms with Gasteiger partial charge in [0.2, 0.25) is 0 Å². The van der Waals surface area contributed by atoms with Crippen molar-refractivity contribution < 1.29 is 0 Å².